The summed E-state index contributed by atoms with van der Waals surface area (Å²) >= 11 is 0. The monoisotopic (exact) mass is 221 g/mol. The highest BCUT2D eigenvalue weighted by molar-refractivity contribution is 5.22. The minimum Gasteiger partial charge on any atom is -0.337 e. The lowest BCUT2D eigenvalue weighted by atomic mass is 10.1. The first-order valence-corrected chi connectivity index (χ1v) is 5.62. The van der Waals surface area contributed by atoms with Crippen LogP contribution in [0.5, 0.6) is 0 Å². The first-order chi connectivity index (χ1) is 7.81. The first-order valence-electron chi connectivity index (χ1n) is 5.62. The molecule has 1 aliphatic rings. The van der Waals surface area contributed by atoms with Gasteiger partial charge in [0.05, 0.1) is 0 Å². The Bertz CT molecular complexity index is 376. The Morgan fingerprint density at radius 1 is 1.25 bits per heavy atom. The van der Waals surface area contributed by atoms with Gasteiger partial charge in [-0.25, -0.2) is 4.39 Å². The molecular weight excluding hydrogens is 205 g/mol. The summed E-state index contributed by atoms with van der Waals surface area (Å²) < 4.78 is 12.8. The number of piperazine rings is 1. The van der Waals surface area contributed by atoms with Gasteiger partial charge in [-0.15, -0.1) is 0 Å². The minimum atomic E-state index is -0.248. The Hall–Kier alpha value is -1.44. The van der Waals surface area contributed by atoms with Crippen LogP contribution in [0.4, 0.5) is 4.39 Å². The van der Waals surface area contributed by atoms with Crippen molar-refractivity contribution in [2.24, 2.45) is 0 Å². The van der Waals surface area contributed by atoms with Crippen LogP contribution >= 0.6 is 0 Å². The van der Waals surface area contributed by atoms with Gasteiger partial charge in [-0.2, -0.15) is 5.26 Å². The van der Waals surface area contributed by atoms with E-state index in [9.17, 15) is 9.65 Å². The van der Waals surface area contributed by atoms with E-state index in [-0.39, 0.29) is 11.9 Å². The lowest BCUT2D eigenvalue weighted by Gasteiger charge is -2.26. The van der Waals surface area contributed by atoms with Gasteiger partial charge in [0.25, 0.3) is 0 Å². The van der Waals surface area contributed by atoms with Crippen LogP contribution in [0.15, 0.2) is 24.3 Å². The molecule has 1 aliphatic heterocycles. The maximum absolute atomic E-state index is 12.8. The van der Waals surface area contributed by atoms with E-state index < -0.39 is 0 Å². The molecule has 0 unspecified atom stereocenters. The maximum Gasteiger partial charge on any atom is 0.201 e. The van der Waals surface area contributed by atoms with Crippen molar-refractivity contribution >= 4 is 0 Å². The van der Waals surface area contributed by atoms with Crippen molar-refractivity contribution < 1.29 is 14.6 Å². The Morgan fingerprint density at radius 3 is 2.44 bits per heavy atom. The standard InChI is InChI=1S/C12H14FN3/c13-11-3-1-10(2-4-11)12(9-14)16-7-5-15-6-8-16/h1-4,12,15H,5-8H2/p+2/t12-/m0/s1. The third-order valence-corrected chi connectivity index (χ3v) is 3.08. The summed E-state index contributed by atoms with van der Waals surface area (Å²) in [6.07, 6.45) is 0. The number of nitrogens with one attached hydrogen (secondary N) is 1. The number of nitriles is 1. The maximum atomic E-state index is 12.8. The quantitative estimate of drug-likeness (QED) is 0.651. The van der Waals surface area contributed by atoms with Crippen molar-refractivity contribution in [1.29, 1.82) is 5.26 Å². The molecule has 0 amide bonds. The van der Waals surface area contributed by atoms with Gasteiger partial charge in [-0.05, 0) is 24.3 Å². The van der Waals surface area contributed by atoms with E-state index in [1.54, 1.807) is 12.1 Å². The average molecular weight is 221 g/mol. The van der Waals surface area contributed by atoms with Gasteiger partial charge in [0.1, 0.15) is 38.1 Å². The van der Waals surface area contributed by atoms with E-state index in [0.29, 0.717) is 0 Å². The summed E-state index contributed by atoms with van der Waals surface area (Å²) in [5.41, 5.74) is 0.917. The molecule has 1 atom stereocenters. The Labute approximate surface area is 94.5 Å². The van der Waals surface area contributed by atoms with Crippen molar-refractivity contribution in [2.75, 3.05) is 26.2 Å². The predicted molar refractivity (Wildman–Crippen MR) is 57.1 cm³/mol. The van der Waals surface area contributed by atoms with Crippen LogP contribution in [0.3, 0.4) is 0 Å². The Kier molecular flexibility index (Phi) is 3.50. The third-order valence-electron chi connectivity index (χ3n) is 3.08. The molecule has 1 fully saturated rings. The summed E-state index contributed by atoms with van der Waals surface area (Å²) in [6.45, 7) is 4.12. The lowest BCUT2D eigenvalue weighted by Crippen LogP contribution is -3.20. The molecule has 0 saturated carbocycles. The average Bonchev–Trinajstić information content (AvgIpc) is 2.34. The second-order valence-corrected chi connectivity index (χ2v) is 4.14. The van der Waals surface area contributed by atoms with E-state index in [1.807, 2.05) is 0 Å². The summed E-state index contributed by atoms with van der Waals surface area (Å²) in [5.74, 6) is -0.248. The van der Waals surface area contributed by atoms with E-state index in [0.717, 1.165) is 31.7 Å². The van der Waals surface area contributed by atoms with Gasteiger partial charge in [0, 0.05) is 5.56 Å². The highest BCUT2D eigenvalue weighted by atomic mass is 19.1. The van der Waals surface area contributed by atoms with Crippen LogP contribution in [0.2, 0.25) is 0 Å². The van der Waals surface area contributed by atoms with Gasteiger partial charge in [-0.1, -0.05) is 0 Å². The fraction of sp³-hybridized carbons (Fsp3) is 0.417. The normalized spacial score (nSPS) is 19.0. The molecular formula is C12H16FN3+2. The third kappa shape index (κ3) is 2.38. The molecule has 3 N–H and O–H groups in total. The number of benzene rings is 1. The molecule has 1 aromatic carbocycles. The highest BCUT2D eigenvalue weighted by Gasteiger charge is 2.26. The second kappa shape index (κ2) is 5.06. The van der Waals surface area contributed by atoms with Gasteiger partial charge in [0.15, 0.2) is 0 Å². The lowest BCUT2D eigenvalue weighted by molar-refractivity contribution is -0.965. The molecule has 0 spiro atoms. The van der Waals surface area contributed by atoms with E-state index in [1.165, 1.54) is 17.0 Å². The van der Waals surface area contributed by atoms with Gasteiger partial charge in [0.2, 0.25) is 6.04 Å². The number of rotatable bonds is 2. The summed E-state index contributed by atoms with van der Waals surface area (Å²) in [4.78, 5) is 1.29. The fourth-order valence-corrected chi connectivity index (χ4v) is 2.19. The smallest absolute Gasteiger partial charge is 0.201 e. The largest absolute Gasteiger partial charge is 0.337 e. The second-order valence-electron chi connectivity index (χ2n) is 4.14. The Morgan fingerprint density at radius 2 is 1.88 bits per heavy atom. The van der Waals surface area contributed by atoms with Crippen LogP contribution in [-0.2, 0) is 0 Å². The molecule has 0 aromatic heterocycles. The first kappa shape index (κ1) is 11.1. The molecule has 0 radical (unpaired) electrons. The molecule has 1 heterocycles. The van der Waals surface area contributed by atoms with Crippen molar-refractivity contribution in [3.63, 3.8) is 0 Å². The molecule has 4 heteroatoms. The van der Waals surface area contributed by atoms with Crippen LogP contribution in [-0.4, -0.2) is 26.2 Å². The number of nitrogens with zero attached hydrogens (tertiary/aromatic N) is 1. The van der Waals surface area contributed by atoms with Gasteiger partial charge >= 0.3 is 0 Å². The van der Waals surface area contributed by atoms with Crippen molar-refractivity contribution in [1.82, 2.24) is 0 Å². The number of hydrogen-bond acceptors (Lipinski definition) is 1. The molecule has 0 bridgehead atoms. The number of nitrogens with two attached hydrogens (primary N) is 1. The van der Waals surface area contributed by atoms with Crippen LogP contribution in [0.25, 0.3) is 0 Å². The molecule has 84 valence electrons. The highest BCUT2D eigenvalue weighted by Crippen LogP contribution is 2.09. The minimum absolute atomic E-state index is 0.158. The Balaban J connectivity index is 2.15. The van der Waals surface area contributed by atoms with Crippen molar-refractivity contribution in [2.45, 2.75) is 6.04 Å². The molecule has 0 aliphatic carbocycles. The zero-order valence-electron chi connectivity index (χ0n) is 9.12. The van der Waals surface area contributed by atoms with Gasteiger partial charge < -0.3 is 10.2 Å². The number of halogens is 1. The molecule has 3 nitrogen and oxygen atoms in total. The zero-order chi connectivity index (χ0) is 11.4. The molecule has 16 heavy (non-hydrogen) atoms. The number of hydrogen-bond donors (Lipinski definition) is 2. The van der Waals surface area contributed by atoms with Crippen LogP contribution < -0.4 is 10.2 Å². The van der Waals surface area contributed by atoms with Crippen molar-refractivity contribution in [3.8, 4) is 6.07 Å². The van der Waals surface area contributed by atoms with Crippen LogP contribution in [0, 0.1) is 17.1 Å². The molecule has 1 saturated heterocycles. The summed E-state index contributed by atoms with van der Waals surface area (Å²) in [5, 5.41) is 11.5. The molecule has 1 aromatic rings. The van der Waals surface area contributed by atoms with E-state index in [4.69, 9.17) is 0 Å². The number of quaternary nitrogens is 2. The topological polar surface area (TPSA) is 44.8 Å². The SMILES string of the molecule is N#C[C@@H](c1ccc(F)cc1)[NH+]1CC[NH2+]CC1. The summed E-state index contributed by atoms with van der Waals surface area (Å²) in [6, 6.07) is 8.46. The van der Waals surface area contributed by atoms with Crippen molar-refractivity contribution in [3.05, 3.63) is 35.6 Å². The van der Waals surface area contributed by atoms with Gasteiger partial charge in [-0.3, -0.25) is 0 Å². The summed E-state index contributed by atoms with van der Waals surface area (Å²) in [7, 11) is 0. The fourth-order valence-electron chi connectivity index (χ4n) is 2.19. The molecule has 2 rings (SSSR count). The predicted octanol–water partition coefficient (Wildman–Crippen LogP) is -1.15. The van der Waals surface area contributed by atoms with E-state index in [2.05, 4.69) is 11.4 Å². The zero-order valence-corrected chi connectivity index (χ0v) is 9.12. The van der Waals surface area contributed by atoms with Crippen LogP contribution in [0.1, 0.15) is 11.6 Å². The van der Waals surface area contributed by atoms with E-state index >= 15 is 0 Å².